The van der Waals surface area contributed by atoms with Crippen molar-refractivity contribution >= 4 is 28.2 Å². The van der Waals surface area contributed by atoms with Crippen LogP contribution in [0, 0.1) is 0 Å². The molecule has 7 heteroatoms. The van der Waals surface area contributed by atoms with E-state index in [0.717, 1.165) is 0 Å². The summed E-state index contributed by atoms with van der Waals surface area (Å²) < 4.78 is 9.29. The molecule has 0 aromatic carbocycles. The van der Waals surface area contributed by atoms with Gasteiger partial charge in [0, 0.05) is 6.07 Å². The fraction of sp³-hybridized carbons (Fsp3) is 0.100. The summed E-state index contributed by atoms with van der Waals surface area (Å²) in [6.45, 7) is 0. The molecular weight excluding hydrogens is 244 g/mol. The lowest BCUT2D eigenvalue weighted by Gasteiger charge is -2.02. The van der Waals surface area contributed by atoms with Crippen molar-refractivity contribution in [2.24, 2.45) is 0 Å². The van der Waals surface area contributed by atoms with Crippen molar-refractivity contribution < 1.29 is 18.8 Å². The van der Waals surface area contributed by atoms with Crippen molar-refractivity contribution in [3.63, 3.8) is 0 Å². The Labute approximate surface area is 100 Å². The molecule has 2 aromatic heterocycles. The third-order valence-electron chi connectivity index (χ3n) is 1.96. The Bertz CT molecular complexity index is 532. The van der Waals surface area contributed by atoms with Gasteiger partial charge in [0.2, 0.25) is 5.76 Å². The van der Waals surface area contributed by atoms with Crippen LogP contribution in [0.2, 0.25) is 0 Å². The van der Waals surface area contributed by atoms with E-state index in [4.69, 9.17) is 4.52 Å². The van der Waals surface area contributed by atoms with E-state index < -0.39 is 11.9 Å². The number of hydrogen-bond acceptors (Lipinski definition) is 6. The van der Waals surface area contributed by atoms with Crippen molar-refractivity contribution in [1.29, 1.82) is 0 Å². The normalized spacial score (nSPS) is 9.94. The zero-order chi connectivity index (χ0) is 12.3. The zero-order valence-electron chi connectivity index (χ0n) is 8.80. The van der Waals surface area contributed by atoms with Gasteiger partial charge in [-0.15, -0.1) is 11.3 Å². The van der Waals surface area contributed by atoms with Crippen LogP contribution in [-0.4, -0.2) is 24.1 Å². The minimum absolute atomic E-state index is 0.0780. The van der Waals surface area contributed by atoms with E-state index >= 15 is 0 Å². The second kappa shape index (κ2) is 4.79. The third-order valence-corrected chi connectivity index (χ3v) is 2.79. The second-order valence-corrected chi connectivity index (χ2v) is 3.90. The smallest absolute Gasteiger partial charge is 0.340 e. The van der Waals surface area contributed by atoms with Crippen LogP contribution < -0.4 is 5.32 Å². The number of rotatable bonds is 3. The topological polar surface area (TPSA) is 81.4 Å². The van der Waals surface area contributed by atoms with E-state index in [2.05, 4.69) is 15.2 Å². The van der Waals surface area contributed by atoms with Crippen LogP contribution in [-0.2, 0) is 4.74 Å². The maximum absolute atomic E-state index is 11.6. The summed E-state index contributed by atoms with van der Waals surface area (Å²) in [6.07, 6.45) is 1.37. The van der Waals surface area contributed by atoms with Gasteiger partial charge in [0.05, 0.1) is 18.9 Å². The van der Waals surface area contributed by atoms with Gasteiger partial charge in [0.1, 0.15) is 5.00 Å². The van der Waals surface area contributed by atoms with Gasteiger partial charge in [-0.05, 0) is 11.4 Å². The number of thiophene rings is 1. The van der Waals surface area contributed by atoms with Crippen molar-refractivity contribution in [3.05, 3.63) is 35.0 Å². The average molecular weight is 252 g/mol. The summed E-state index contributed by atoms with van der Waals surface area (Å²) in [5.41, 5.74) is 0.311. The first kappa shape index (κ1) is 11.3. The van der Waals surface area contributed by atoms with Gasteiger partial charge in [0.25, 0.3) is 5.91 Å². The Balaban J connectivity index is 2.17. The predicted octanol–water partition coefficient (Wildman–Crippen LogP) is 1.77. The quantitative estimate of drug-likeness (QED) is 0.842. The zero-order valence-corrected chi connectivity index (χ0v) is 9.61. The lowest BCUT2D eigenvalue weighted by atomic mass is 10.3. The minimum atomic E-state index is -0.501. The van der Waals surface area contributed by atoms with Crippen LogP contribution in [0.5, 0.6) is 0 Å². The Morgan fingerprint density at radius 2 is 2.29 bits per heavy atom. The number of carbonyl (C=O) groups excluding carboxylic acids is 2. The monoisotopic (exact) mass is 252 g/mol. The molecular formula is C10H8N2O4S. The SMILES string of the molecule is COC(=O)c1ccsc1NC(=O)c1ccno1. The molecule has 0 fully saturated rings. The van der Waals surface area contributed by atoms with Crippen LogP contribution >= 0.6 is 11.3 Å². The Morgan fingerprint density at radius 3 is 2.94 bits per heavy atom. The summed E-state index contributed by atoms with van der Waals surface area (Å²) in [5, 5.41) is 8.07. The van der Waals surface area contributed by atoms with Crippen LogP contribution in [0.15, 0.2) is 28.2 Å². The van der Waals surface area contributed by atoms with Crippen molar-refractivity contribution in [3.8, 4) is 0 Å². The maximum atomic E-state index is 11.6. The molecule has 0 saturated carbocycles. The lowest BCUT2D eigenvalue weighted by Crippen LogP contribution is -2.12. The maximum Gasteiger partial charge on any atom is 0.340 e. The van der Waals surface area contributed by atoms with Gasteiger partial charge >= 0.3 is 5.97 Å². The summed E-state index contributed by atoms with van der Waals surface area (Å²) in [6, 6.07) is 3.01. The molecule has 1 N–H and O–H groups in total. The molecule has 2 rings (SSSR count). The summed E-state index contributed by atoms with van der Waals surface area (Å²) in [7, 11) is 1.28. The number of nitrogens with one attached hydrogen (secondary N) is 1. The average Bonchev–Trinajstić information content (AvgIpc) is 2.98. The van der Waals surface area contributed by atoms with Gasteiger partial charge < -0.3 is 14.6 Å². The molecule has 2 heterocycles. The number of methoxy groups -OCH3 is 1. The molecule has 0 aliphatic carbocycles. The Kier molecular flexibility index (Phi) is 3.20. The molecule has 6 nitrogen and oxygen atoms in total. The van der Waals surface area contributed by atoms with E-state index in [0.29, 0.717) is 10.6 Å². The first-order valence-corrected chi connectivity index (χ1v) is 5.48. The molecule has 88 valence electrons. The highest BCUT2D eigenvalue weighted by atomic mass is 32.1. The fourth-order valence-corrected chi connectivity index (χ4v) is 1.94. The number of carbonyl (C=O) groups is 2. The summed E-state index contributed by atoms with van der Waals surface area (Å²) >= 11 is 1.22. The summed E-state index contributed by atoms with van der Waals surface area (Å²) in [4.78, 5) is 23.0. The van der Waals surface area contributed by atoms with E-state index in [1.807, 2.05) is 0 Å². The van der Waals surface area contributed by atoms with Gasteiger partial charge in [-0.1, -0.05) is 5.16 Å². The lowest BCUT2D eigenvalue weighted by molar-refractivity contribution is 0.0602. The van der Waals surface area contributed by atoms with Crippen LogP contribution in [0.4, 0.5) is 5.00 Å². The van der Waals surface area contributed by atoms with Gasteiger partial charge in [0.15, 0.2) is 0 Å². The highest BCUT2D eigenvalue weighted by Crippen LogP contribution is 2.24. The van der Waals surface area contributed by atoms with Crippen LogP contribution in [0.1, 0.15) is 20.9 Å². The van der Waals surface area contributed by atoms with Gasteiger partial charge in [-0.2, -0.15) is 0 Å². The second-order valence-electron chi connectivity index (χ2n) is 2.99. The fourth-order valence-electron chi connectivity index (χ4n) is 1.17. The largest absolute Gasteiger partial charge is 0.465 e. The molecule has 0 radical (unpaired) electrons. The number of hydrogen-bond donors (Lipinski definition) is 1. The van der Waals surface area contributed by atoms with Gasteiger partial charge in [-0.25, -0.2) is 4.79 Å². The number of ether oxygens (including phenoxy) is 1. The van der Waals surface area contributed by atoms with E-state index in [-0.39, 0.29) is 5.76 Å². The molecule has 0 aliphatic heterocycles. The molecule has 0 bridgehead atoms. The van der Waals surface area contributed by atoms with Crippen LogP contribution in [0.3, 0.4) is 0 Å². The highest BCUT2D eigenvalue weighted by molar-refractivity contribution is 7.14. The van der Waals surface area contributed by atoms with Gasteiger partial charge in [-0.3, -0.25) is 4.79 Å². The molecule has 1 amide bonds. The summed E-state index contributed by atoms with van der Waals surface area (Å²) in [5.74, 6) is -0.886. The minimum Gasteiger partial charge on any atom is -0.465 e. The number of amides is 1. The number of nitrogens with zero attached hydrogens (tertiary/aromatic N) is 1. The molecule has 17 heavy (non-hydrogen) atoms. The van der Waals surface area contributed by atoms with Crippen molar-refractivity contribution in [2.45, 2.75) is 0 Å². The first-order valence-electron chi connectivity index (χ1n) is 4.60. The van der Waals surface area contributed by atoms with Crippen LogP contribution in [0.25, 0.3) is 0 Å². The van der Waals surface area contributed by atoms with E-state index in [1.165, 1.54) is 30.7 Å². The predicted molar refractivity (Wildman–Crippen MR) is 60.1 cm³/mol. The number of aromatic nitrogens is 1. The van der Waals surface area contributed by atoms with E-state index in [9.17, 15) is 9.59 Å². The molecule has 0 unspecified atom stereocenters. The Morgan fingerprint density at radius 1 is 1.47 bits per heavy atom. The van der Waals surface area contributed by atoms with E-state index in [1.54, 1.807) is 11.4 Å². The molecule has 2 aromatic rings. The van der Waals surface area contributed by atoms with Crippen molar-refractivity contribution in [2.75, 3.05) is 12.4 Å². The highest BCUT2D eigenvalue weighted by Gasteiger charge is 2.17. The standard InChI is InChI=1S/C10H8N2O4S/c1-15-10(14)6-3-5-17-9(6)12-8(13)7-2-4-11-16-7/h2-5H,1H3,(H,12,13). The number of anilines is 1. The first-order chi connectivity index (χ1) is 8.22. The Hall–Kier alpha value is -2.15. The molecule has 0 atom stereocenters. The number of esters is 1. The molecule has 0 spiro atoms. The molecule has 0 aliphatic rings. The third kappa shape index (κ3) is 2.34. The van der Waals surface area contributed by atoms with Crippen molar-refractivity contribution in [1.82, 2.24) is 5.16 Å². The molecule has 0 saturated heterocycles.